The third-order valence-corrected chi connectivity index (χ3v) is 2.80. The lowest BCUT2D eigenvalue weighted by Crippen LogP contribution is -2.35. The predicted octanol–water partition coefficient (Wildman–Crippen LogP) is 1.58. The van der Waals surface area contributed by atoms with Gasteiger partial charge in [0, 0.05) is 19.2 Å². The molecule has 1 atom stereocenters. The Morgan fingerprint density at radius 3 is 2.67 bits per heavy atom. The topological polar surface area (TPSA) is 58.6 Å². The van der Waals surface area contributed by atoms with Crippen LogP contribution in [-0.4, -0.2) is 30.8 Å². The fraction of sp³-hybridized carbons (Fsp3) is 0.500. The summed E-state index contributed by atoms with van der Waals surface area (Å²) in [5.41, 5.74) is 1.44. The van der Waals surface area contributed by atoms with Crippen LogP contribution in [0.1, 0.15) is 29.8 Å². The number of aliphatic hydroxyl groups excluding tert-OH is 1. The number of benzene rings is 1. The van der Waals surface area contributed by atoms with Gasteiger partial charge in [0.15, 0.2) is 0 Å². The maximum absolute atomic E-state index is 12.0. The zero-order valence-corrected chi connectivity index (χ0v) is 11.1. The minimum Gasteiger partial charge on any atom is -0.391 e. The molecule has 0 aromatic heterocycles. The van der Waals surface area contributed by atoms with Crippen molar-refractivity contribution in [1.82, 2.24) is 5.32 Å². The van der Waals surface area contributed by atoms with Crippen molar-refractivity contribution in [1.29, 1.82) is 0 Å². The van der Waals surface area contributed by atoms with Crippen molar-refractivity contribution in [3.05, 3.63) is 35.4 Å². The molecule has 18 heavy (non-hydrogen) atoms. The van der Waals surface area contributed by atoms with E-state index in [9.17, 15) is 9.90 Å². The van der Waals surface area contributed by atoms with Crippen LogP contribution in [0.25, 0.3) is 0 Å². The highest BCUT2D eigenvalue weighted by atomic mass is 16.5. The number of carbonyl (C=O) groups is 1. The van der Waals surface area contributed by atoms with Gasteiger partial charge in [-0.15, -0.1) is 0 Å². The Kier molecular flexibility index (Phi) is 5.82. The van der Waals surface area contributed by atoms with Gasteiger partial charge >= 0.3 is 0 Å². The van der Waals surface area contributed by atoms with E-state index in [-0.39, 0.29) is 18.4 Å². The summed E-state index contributed by atoms with van der Waals surface area (Å²) in [5.74, 6) is -0.0538. The second-order valence-corrected chi connectivity index (χ2v) is 4.61. The first kappa shape index (κ1) is 14.7. The zero-order valence-electron chi connectivity index (χ0n) is 11.1. The lowest BCUT2D eigenvalue weighted by Gasteiger charge is -2.16. The van der Waals surface area contributed by atoms with E-state index in [0.29, 0.717) is 12.2 Å². The normalized spacial score (nSPS) is 12.5. The van der Waals surface area contributed by atoms with Crippen molar-refractivity contribution in [2.45, 2.75) is 26.6 Å². The largest absolute Gasteiger partial charge is 0.391 e. The molecule has 1 amide bonds. The molecule has 0 bridgehead atoms. The second kappa shape index (κ2) is 7.13. The Balaban J connectivity index is 2.66. The first-order valence-electron chi connectivity index (χ1n) is 6.09. The minimum absolute atomic E-state index is 0.125. The molecule has 0 aliphatic carbocycles. The van der Waals surface area contributed by atoms with E-state index in [2.05, 4.69) is 5.32 Å². The quantitative estimate of drug-likeness (QED) is 0.807. The predicted molar refractivity (Wildman–Crippen MR) is 70.3 cm³/mol. The van der Waals surface area contributed by atoms with Crippen molar-refractivity contribution in [2.75, 3.05) is 13.7 Å². The zero-order chi connectivity index (χ0) is 13.5. The third-order valence-electron chi connectivity index (χ3n) is 2.80. The number of hydrogen-bond donors (Lipinski definition) is 2. The van der Waals surface area contributed by atoms with Gasteiger partial charge in [-0.2, -0.15) is 0 Å². The SMILES string of the molecule is COCc1ccccc1C(=O)NCC(O)C(C)C. The van der Waals surface area contributed by atoms with Crippen LogP contribution in [0, 0.1) is 5.92 Å². The highest BCUT2D eigenvalue weighted by Gasteiger charge is 2.14. The summed E-state index contributed by atoms with van der Waals surface area (Å²) in [5, 5.41) is 12.4. The molecule has 1 aromatic rings. The fourth-order valence-electron chi connectivity index (χ4n) is 1.55. The molecule has 0 aliphatic heterocycles. The maximum atomic E-state index is 12.0. The van der Waals surface area contributed by atoms with Crippen LogP contribution in [0.15, 0.2) is 24.3 Å². The van der Waals surface area contributed by atoms with Crippen molar-refractivity contribution >= 4 is 5.91 Å². The molecular formula is C14H21NO3. The van der Waals surface area contributed by atoms with Gasteiger partial charge in [0.25, 0.3) is 5.91 Å². The average Bonchev–Trinajstić information content (AvgIpc) is 2.36. The van der Waals surface area contributed by atoms with E-state index in [4.69, 9.17) is 4.74 Å². The Bertz CT molecular complexity index is 390. The Labute approximate surface area is 108 Å². The van der Waals surface area contributed by atoms with Crippen LogP contribution in [-0.2, 0) is 11.3 Å². The van der Waals surface area contributed by atoms with Crippen molar-refractivity contribution in [3.63, 3.8) is 0 Å². The Hall–Kier alpha value is -1.39. The summed E-state index contributed by atoms with van der Waals surface area (Å²) in [6.45, 7) is 4.49. The van der Waals surface area contributed by atoms with Crippen LogP contribution in [0.4, 0.5) is 0 Å². The van der Waals surface area contributed by atoms with Gasteiger partial charge in [0.1, 0.15) is 0 Å². The molecule has 1 unspecified atom stereocenters. The van der Waals surface area contributed by atoms with E-state index < -0.39 is 6.10 Å². The number of aliphatic hydroxyl groups is 1. The van der Waals surface area contributed by atoms with Crippen LogP contribution in [0.2, 0.25) is 0 Å². The van der Waals surface area contributed by atoms with Crippen LogP contribution in [0.5, 0.6) is 0 Å². The minimum atomic E-state index is -0.525. The van der Waals surface area contributed by atoms with E-state index in [1.54, 1.807) is 13.2 Å². The summed E-state index contributed by atoms with van der Waals surface area (Å²) in [4.78, 5) is 12.0. The lowest BCUT2D eigenvalue weighted by atomic mass is 10.1. The van der Waals surface area contributed by atoms with Crippen LogP contribution >= 0.6 is 0 Å². The molecule has 0 saturated carbocycles. The van der Waals surface area contributed by atoms with Crippen LogP contribution in [0.3, 0.4) is 0 Å². The van der Waals surface area contributed by atoms with Crippen molar-refractivity contribution in [2.24, 2.45) is 5.92 Å². The summed E-state index contributed by atoms with van der Waals surface area (Å²) < 4.78 is 5.05. The summed E-state index contributed by atoms with van der Waals surface area (Å²) >= 11 is 0. The Morgan fingerprint density at radius 2 is 2.06 bits per heavy atom. The molecule has 2 N–H and O–H groups in total. The van der Waals surface area contributed by atoms with Gasteiger partial charge in [0.2, 0.25) is 0 Å². The molecule has 1 aromatic carbocycles. The standard InChI is InChI=1S/C14H21NO3/c1-10(2)13(16)8-15-14(17)12-7-5-4-6-11(12)9-18-3/h4-7,10,13,16H,8-9H2,1-3H3,(H,15,17). The molecule has 100 valence electrons. The lowest BCUT2D eigenvalue weighted by molar-refractivity contribution is 0.0867. The van der Waals surface area contributed by atoms with Gasteiger partial charge < -0.3 is 15.2 Å². The average molecular weight is 251 g/mol. The van der Waals surface area contributed by atoms with Gasteiger partial charge in [-0.1, -0.05) is 32.0 Å². The number of ether oxygens (including phenoxy) is 1. The van der Waals surface area contributed by atoms with Gasteiger partial charge in [0.05, 0.1) is 12.7 Å². The molecule has 0 fully saturated rings. The van der Waals surface area contributed by atoms with Crippen molar-refractivity contribution in [3.8, 4) is 0 Å². The molecule has 4 heteroatoms. The summed E-state index contributed by atoms with van der Waals surface area (Å²) in [6, 6.07) is 7.30. The van der Waals surface area contributed by atoms with Crippen molar-refractivity contribution < 1.29 is 14.6 Å². The Morgan fingerprint density at radius 1 is 1.39 bits per heavy atom. The molecule has 0 radical (unpaired) electrons. The van der Waals surface area contributed by atoms with E-state index >= 15 is 0 Å². The van der Waals surface area contributed by atoms with Gasteiger partial charge in [-0.05, 0) is 17.5 Å². The second-order valence-electron chi connectivity index (χ2n) is 4.61. The monoisotopic (exact) mass is 251 g/mol. The molecular weight excluding hydrogens is 230 g/mol. The summed E-state index contributed by atoms with van der Waals surface area (Å²) in [6.07, 6.45) is -0.525. The summed E-state index contributed by atoms with van der Waals surface area (Å²) in [7, 11) is 1.59. The third kappa shape index (κ3) is 4.13. The van der Waals surface area contributed by atoms with E-state index in [0.717, 1.165) is 5.56 Å². The number of hydrogen-bond acceptors (Lipinski definition) is 3. The number of methoxy groups -OCH3 is 1. The molecule has 0 spiro atoms. The fourth-order valence-corrected chi connectivity index (χ4v) is 1.55. The number of amides is 1. The first-order valence-corrected chi connectivity index (χ1v) is 6.09. The van der Waals surface area contributed by atoms with Gasteiger partial charge in [-0.25, -0.2) is 0 Å². The first-order chi connectivity index (χ1) is 8.56. The molecule has 0 saturated heterocycles. The highest BCUT2D eigenvalue weighted by Crippen LogP contribution is 2.10. The van der Waals surface area contributed by atoms with Crippen LogP contribution < -0.4 is 5.32 Å². The molecule has 0 heterocycles. The highest BCUT2D eigenvalue weighted by molar-refractivity contribution is 5.95. The smallest absolute Gasteiger partial charge is 0.251 e. The molecule has 0 aliphatic rings. The molecule has 1 rings (SSSR count). The maximum Gasteiger partial charge on any atom is 0.251 e. The van der Waals surface area contributed by atoms with Gasteiger partial charge in [-0.3, -0.25) is 4.79 Å². The number of nitrogens with one attached hydrogen (secondary N) is 1. The number of carbonyl (C=O) groups excluding carboxylic acids is 1. The molecule has 4 nitrogen and oxygen atoms in total. The number of rotatable bonds is 6. The van der Waals surface area contributed by atoms with E-state index in [1.165, 1.54) is 0 Å². The van der Waals surface area contributed by atoms with E-state index in [1.807, 2.05) is 32.0 Å².